The number of Topliss-reactive ketones (excluding diaryl/α,β-unsaturated/α-hetero) is 2. The Labute approximate surface area is 379 Å². The average molecular weight is 931 g/mol. The van der Waals surface area contributed by atoms with Gasteiger partial charge in [-0.1, -0.05) is 26.0 Å². The summed E-state index contributed by atoms with van der Waals surface area (Å²) >= 11 is 0. The van der Waals surface area contributed by atoms with Gasteiger partial charge in [-0.2, -0.15) is 0 Å². The van der Waals surface area contributed by atoms with Crippen LogP contribution < -0.4 is 0 Å². The summed E-state index contributed by atoms with van der Waals surface area (Å²) in [5.74, 6) is -9.12. The van der Waals surface area contributed by atoms with E-state index in [4.69, 9.17) is 28.4 Å². The second-order valence-electron chi connectivity index (χ2n) is 22.6. The zero-order valence-corrected chi connectivity index (χ0v) is 38.3. The summed E-state index contributed by atoms with van der Waals surface area (Å²) in [5, 5.41) is 23.8. The highest BCUT2D eigenvalue weighted by atomic mass is 19.2. The molecule has 66 heavy (non-hydrogen) atoms. The number of alkyl halides is 4. The van der Waals surface area contributed by atoms with E-state index in [-0.39, 0.29) is 49.7 Å². The van der Waals surface area contributed by atoms with Crippen molar-refractivity contribution in [3.8, 4) is 0 Å². The summed E-state index contributed by atoms with van der Waals surface area (Å²) in [6.45, 7) is 10.7. The van der Waals surface area contributed by atoms with Crippen LogP contribution in [-0.4, -0.2) is 124 Å². The van der Waals surface area contributed by atoms with Crippen LogP contribution in [0.15, 0.2) is 47.6 Å². The van der Waals surface area contributed by atoms with Gasteiger partial charge in [-0.05, 0) is 127 Å². The number of aliphatic hydroxyl groups excluding tert-OH is 2. The second-order valence-corrected chi connectivity index (χ2v) is 22.6. The first-order valence-electron chi connectivity index (χ1n) is 23.1. The Balaban J connectivity index is 0.881. The lowest BCUT2D eigenvalue weighted by atomic mass is 9.44. The SMILES string of the molecule is CC1(C)O[C@@H]2CC3C4C[C@H](F)C5=CC(=O)C=CC5(C)[C@@]4(F)[C@H](O)CC3(C)[C@]2(C(=O)COC(=O)OCC(=O)[C@]23OC(C)(C)O[C@H]2CC2C4C[C@H](F)C5=CC(=O)C=CC5(C)[C@@]4(F)[C@@H](O)CC23C)O1. The van der Waals surface area contributed by atoms with E-state index < -0.39 is 159 Å². The van der Waals surface area contributed by atoms with Crippen molar-refractivity contribution in [2.45, 2.75) is 165 Å². The number of hydrogen-bond acceptors (Lipinski definition) is 13. The van der Waals surface area contributed by atoms with Gasteiger partial charge in [0.25, 0.3) is 0 Å². The molecule has 6 saturated carbocycles. The molecule has 360 valence electrons. The van der Waals surface area contributed by atoms with Gasteiger partial charge in [0, 0.05) is 33.5 Å². The molecule has 2 N–H and O–H groups in total. The highest BCUT2D eigenvalue weighted by Crippen LogP contribution is 2.74. The first kappa shape index (κ1) is 46.1. The summed E-state index contributed by atoms with van der Waals surface area (Å²) in [5.41, 5.74) is -14.9. The van der Waals surface area contributed by atoms with Gasteiger partial charge in [-0.25, -0.2) is 22.4 Å². The molecule has 2 saturated heterocycles. The van der Waals surface area contributed by atoms with Crippen LogP contribution in [0.25, 0.3) is 0 Å². The number of carbonyl (C=O) groups excluding carboxylic acids is 5. The van der Waals surface area contributed by atoms with E-state index in [2.05, 4.69) is 0 Å². The first-order valence-corrected chi connectivity index (χ1v) is 23.1. The van der Waals surface area contributed by atoms with Crippen LogP contribution in [0.2, 0.25) is 0 Å². The van der Waals surface area contributed by atoms with E-state index >= 15 is 17.6 Å². The second kappa shape index (κ2) is 13.8. The Morgan fingerprint density at radius 2 is 0.985 bits per heavy atom. The van der Waals surface area contributed by atoms with Gasteiger partial charge in [-0.3, -0.25) is 19.2 Å². The molecule has 8 aliphatic carbocycles. The summed E-state index contributed by atoms with van der Waals surface area (Å²) < 4.78 is 104. The zero-order chi connectivity index (χ0) is 48.0. The maximum Gasteiger partial charge on any atom is 0.509 e. The Morgan fingerprint density at radius 3 is 1.35 bits per heavy atom. The molecule has 2 heterocycles. The molecule has 2 aliphatic heterocycles. The Bertz CT molecular complexity index is 2200. The Hall–Kier alpha value is -3.61. The van der Waals surface area contributed by atoms with Crippen molar-refractivity contribution in [2.75, 3.05) is 13.2 Å². The van der Waals surface area contributed by atoms with E-state index in [9.17, 15) is 34.2 Å². The van der Waals surface area contributed by atoms with Crippen molar-refractivity contribution in [1.29, 1.82) is 0 Å². The smallest absolute Gasteiger partial charge is 0.426 e. The van der Waals surface area contributed by atoms with Gasteiger partial charge in [0.1, 0.15) is 12.3 Å². The minimum Gasteiger partial charge on any atom is -0.426 e. The van der Waals surface area contributed by atoms with Crippen molar-refractivity contribution < 1.29 is 80.2 Å². The monoisotopic (exact) mass is 930 g/mol. The fourth-order valence-electron chi connectivity index (χ4n) is 16.1. The predicted octanol–water partition coefficient (Wildman–Crippen LogP) is 5.92. The van der Waals surface area contributed by atoms with Crippen LogP contribution in [0.1, 0.15) is 93.9 Å². The lowest BCUT2D eigenvalue weighted by Gasteiger charge is -2.63. The molecule has 10 rings (SSSR count). The number of rotatable bonds is 6. The molecule has 0 aromatic rings. The molecular weight excluding hydrogens is 873 g/mol. The topological polar surface area (TPSA) is 181 Å². The van der Waals surface area contributed by atoms with Crippen molar-refractivity contribution in [1.82, 2.24) is 0 Å². The van der Waals surface area contributed by atoms with Crippen LogP contribution in [0.3, 0.4) is 0 Å². The molecule has 0 radical (unpaired) electrons. The van der Waals surface area contributed by atoms with Crippen LogP contribution in [-0.2, 0) is 47.6 Å². The minimum atomic E-state index is -2.43. The normalized spacial score (nSPS) is 52.0. The summed E-state index contributed by atoms with van der Waals surface area (Å²) in [6, 6.07) is 0. The van der Waals surface area contributed by atoms with Gasteiger partial charge >= 0.3 is 6.16 Å². The fraction of sp³-hybridized carbons (Fsp3) is 0.735. The molecule has 17 heteroatoms. The maximum absolute atomic E-state index is 17.9. The molecule has 18 atom stereocenters. The molecule has 0 aromatic heterocycles. The van der Waals surface area contributed by atoms with E-state index in [1.165, 1.54) is 38.2 Å². The number of ketones is 4. The number of halogens is 4. The van der Waals surface area contributed by atoms with E-state index in [0.717, 1.165) is 12.2 Å². The molecule has 0 aromatic carbocycles. The number of aliphatic hydroxyl groups is 2. The van der Waals surface area contributed by atoms with Gasteiger partial charge in [-0.15, -0.1) is 0 Å². The molecular formula is C49H58F4O13. The van der Waals surface area contributed by atoms with Gasteiger partial charge in [0.2, 0.25) is 11.6 Å². The third kappa shape index (κ3) is 5.41. The van der Waals surface area contributed by atoms with Crippen molar-refractivity contribution in [2.24, 2.45) is 45.3 Å². The molecule has 0 spiro atoms. The van der Waals surface area contributed by atoms with Gasteiger partial charge in [0.05, 0.1) is 24.4 Å². The van der Waals surface area contributed by atoms with Gasteiger partial charge in [0.15, 0.2) is 58.9 Å². The lowest BCUT2D eigenvalue weighted by molar-refractivity contribution is -0.249. The van der Waals surface area contributed by atoms with E-state index in [0.29, 0.717) is 0 Å². The highest BCUT2D eigenvalue weighted by Gasteiger charge is 2.83. The highest BCUT2D eigenvalue weighted by molar-refractivity contribution is 6.02. The fourth-order valence-corrected chi connectivity index (χ4v) is 16.1. The van der Waals surface area contributed by atoms with Crippen molar-refractivity contribution in [3.63, 3.8) is 0 Å². The zero-order valence-electron chi connectivity index (χ0n) is 38.3. The lowest BCUT2D eigenvalue weighted by Crippen LogP contribution is -2.71. The van der Waals surface area contributed by atoms with Crippen molar-refractivity contribution in [3.05, 3.63) is 47.6 Å². The summed E-state index contributed by atoms with van der Waals surface area (Å²) in [4.78, 5) is 67.4. The molecule has 10 aliphatic rings. The molecule has 0 bridgehead atoms. The third-order valence-electron chi connectivity index (χ3n) is 18.7. The number of allylic oxidation sites excluding steroid dienone is 8. The Morgan fingerprint density at radius 1 is 0.621 bits per heavy atom. The number of carbonyl (C=O) groups is 5. The molecule has 8 unspecified atom stereocenters. The maximum atomic E-state index is 17.9. The number of ether oxygens (including phenoxy) is 6. The number of fused-ring (bicyclic) bond motifs is 14. The minimum absolute atomic E-state index is 0.0398. The van der Waals surface area contributed by atoms with E-state index in [1.807, 2.05) is 0 Å². The first-order chi connectivity index (χ1) is 30.5. The standard InChI is InChI=1S/C49H58F4O13/c1-40(2)63-37-17-25-27-15-31(50)29-13-23(54)9-11-42(29,5)46(27,52)33(56)19-44(25,7)48(37,65-40)35(58)21-61-39(60)62-22-36(59)49-38(64-41(3,4)66-49)18-26-28-16-32(51)30-14-24(55)10-12-43(30,6)47(28,53)34(57)20-45(26,49)8/h9-14,25-28,31-34,37-38,56-57H,15-22H2,1-8H3/t25?,26?,27?,28?,31-,32-,33-,34+,37-,38+,42?,43?,44?,45?,46-,47-,48-,49+/m0/s1. The third-order valence-corrected chi connectivity index (χ3v) is 18.7. The molecule has 8 fully saturated rings. The number of hydrogen-bond donors (Lipinski definition) is 2. The largest absolute Gasteiger partial charge is 0.509 e. The van der Waals surface area contributed by atoms with Crippen LogP contribution in [0.5, 0.6) is 0 Å². The summed E-state index contributed by atoms with van der Waals surface area (Å²) in [6.07, 6.45) is -4.57. The van der Waals surface area contributed by atoms with Crippen LogP contribution in [0.4, 0.5) is 22.4 Å². The molecule has 13 nitrogen and oxygen atoms in total. The summed E-state index contributed by atoms with van der Waals surface area (Å²) in [7, 11) is 0. The quantitative estimate of drug-likeness (QED) is 0.237. The van der Waals surface area contributed by atoms with Crippen LogP contribution >= 0.6 is 0 Å². The van der Waals surface area contributed by atoms with E-state index in [1.54, 1.807) is 41.5 Å². The molecule has 0 amide bonds. The van der Waals surface area contributed by atoms with Gasteiger partial charge < -0.3 is 38.6 Å². The van der Waals surface area contributed by atoms with Crippen LogP contribution in [0, 0.1) is 45.3 Å². The predicted molar refractivity (Wildman–Crippen MR) is 221 cm³/mol. The Kier molecular flexibility index (Phi) is 9.64. The van der Waals surface area contributed by atoms with Crippen molar-refractivity contribution >= 4 is 29.3 Å². The average Bonchev–Trinajstić information content (AvgIpc) is 3.84.